The van der Waals surface area contributed by atoms with Gasteiger partial charge in [-0.25, -0.2) is 4.39 Å². The molecule has 0 aromatic heterocycles. The van der Waals surface area contributed by atoms with Gasteiger partial charge in [0.1, 0.15) is 5.83 Å². The third-order valence-corrected chi connectivity index (χ3v) is 6.86. The number of hydrogen-bond acceptors (Lipinski definition) is 3. The Morgan fingerprint density at radius 1 is 1.38 bits per heavy atom. The highest BCUT2D eigenvalue weighted by molar-refractivity contribution is 7.99. The molecule has 2 fully saturated rings. The lowest BCUT2D eigenvalue weighted by atomic mass is 9.93. The second kappa shape index (κ2) is 8.18. The molecule has 0 saturated heterocycles. The summed E-state index contributed by atoms with van der Waals surface area (Å²) in [5, 5.41) is 3.72. The largest absolute Gasteiger partial charge is 0.380 e. The van der Waals surface area contributed by atoms with E-state index in [-0.39, 0.29) is 17.9 Å². The lowest BCUT2D eigenvalue weighted by Crippen LogP contribution is -2.39. The molecule has 142 valence electrons. The van der Waals surface area contributed by atoms with E-state index >= 15 is 0 Å². The van der Waals surface area contributed by atoms with E-state index in [1.165, 1.54) is 43.5 Å². The number of halogens is 1. The number of hydrogen-bond donors (Lipinski definition) is 2. The third-order valence-electron chi connectivity index (χ3n) is 5.85. The van der Waals surface area contributed by atoms with Crippen molar-refractivity contribution in [2.24, 2.45) is 23.5 Å². The van der Waals surface area contributed by atoms with Crippen molar-refractivity contribution >= 4 is 17.5 Å². The van der Waals surface area contributed by atoms with Crippen LogP contribution in [-0.2, 0) is 0 Å². The zero-order valence-electron chi connectivity index (χ0n) is 15.9. The topological polar surface area (TPSA) is 38.0 Å². The summed E-state index contributed by atoms with van der Waals surface area (Å²) >= 11 is 1.49. The first kappa shape index (κ1) is 19.5. The van der Waals surface area contributed by atoms with E-state index in [9.17, 15) is 4.39 Å². The molecule has 0 spiro atoms. The molecule has 1 aromatic carbocycles. The van der Waals surface area contributed by atoms with E-state index < -0.39 is 0 Å². The van der Waals surface area contributed by atoms with Crippen LogP contribution in [0.4, 0.5) is 4.39 Å². The minimum absolute atomic E-state index is 0.145. The van der Waals surface area contributed by atoms with Gasteiger partial charge in [0.15, 0.2) is 0 Å². The smallest absolute Gasteiger partial charge is 0.107 e. The summed E-state index contributed by atoms with van der Waals surface area (Å²) in [7, 11) is 0. The van der Waals surface area contributed by atoms with Crippen molar-refractivity contribution in [3.8, 4) is 0 Å². The highest BCUT2D eigenvalue weighted by atomic mass is 32.2. The van der Waals surface area contributed by atoms with E-state index in [0.717, 1.165) is 33.9 Å². The molecule has 26 heavy (non-hydrogen) atoms. The molecular weight excluding hydrogens is 343 g/mol. The average molecular weight is 375 g/mol. The first-order valence-corrected chi connectivity index (χ1v) is 10.6. The fourth-order valence-electron chi connectivity index (χ4n) is 4.91. The van der Waals surface area contributed by atoms with Crippen molar-refractivity contribution in [1.82, 2.24) is 5.32 Å². The van der Waals surface area contributed by atoms with Crippen molar-refractivity contribution in [3.63, 3.8) is 0 Å². The van der Waals surface area contributed by atoms with Gasteiger partial charge < -0.3 is 11.1 Å². The fraction of sp³-hybridized carbons (Fsp3) is 0.545. The number of nitrogens with two attached hydrogens (primary N) is 1. The summed E-state index contributed by atoms with van der Waals surface area (Å²) in [6.45, 7) is 9.25. The summed E-state index contributed by atoms with van der Waals surface area (Å²) < 4.78 is 13.5. The van der Waals surface area contributed by atoms with Crippen LogP contribution in [0.1, 0.15) is 45.1 Å². The Balaban J connectivity index is 1.60. The fourth-order valence-corrected chi connectivity index (χ4v) is 5.71. The van der Waals surface area contributed by atoms with Crippen molar-refractivity contribution in [3.05, 3.63) is 48.3 Å². The number of nitrogens with one attached hydrogen (secondary N) is 1. The van der Waals surface area contributed by atoms with Crippen LogP contribution in [0.2, 0.25) is 0 Å². The number of rotatable bonds is 7. The highest BCUT2D eigenvalue weighted by Crippen LogP contribution is 2.51. The quantitative estimate of drug-likeness (QED) is 0.631. The molecule has 2 saturated carbocycles. The summed E-state index contributed by atoms with van der Waals surface area (Å²) in [5.74, 6) is 2.78. The van der Waals surface area contributed by atoms with Crippen LogP contribution < -0.4 is 11.1 Å². The van der Waals surface area contributed by atoms with E-state index in [1.807, 2.05) is 12.1 Å². The molecular formula is C22H31FN2S. The van der Waals surface area contributed by atoms with Crippen LogP contribution >= 0.6 is 11.8 Å². The molecule has 0 amide bonds. The molecule has 0 radical (unpaired) electrons. The summed E-state index contributed by atoms with van der Waals surface area (Å²) in [6, 6.07) is 8.20. The predicted molar refractivity (Wildman–Crippen MR) is 111 cm³/mol. The zero-order valence-corrected chi connectivity index (χ0v) is 16.7. The van der Waals surface area contributed by atoms with Crippen molar-refractivity contribution in [1.29, 1.82) is 0 Å². The number of fused-ring (bicyclic) bond motifs is 1. The maximum absolute atomic E-state index is 13.5. The molecule has 3 N–H and O–H groups in total. The number of benzene rings is 1. The van der Waals surface area contributed by atoms with Gasteiger partial charge in [0.05, 0.1) is 0 Å². The molecule has 4 heteroatoms. The molecule has 0 heterocycles. The summed E-state index contributed by atoms with van der Waals surface area (Å²) in [5.41, 5.74) is 7.55. The Kier molecular flexibility index (Phi) is 6.13. The molecule has 2 aliphatic carbocycles. The number of thioether (sulfide) groups is 1. The van der Waals surface area contributed by atoms with Crippen LogP contribution in [0.5, 0.6) is 0 Å². The van der Waals surface area contributed by atoms with Gasteiger partial charge in [0, 0.05) is 28.4 Å². The van der Waals surface area contributed by atoms with Gasteiger partial charge in [0.25, 0.3) is 0 Å². The Hall–Kier alpha value is -1.26. The SMILES string of the molecule is C=C(NC1(C)CC2CC(C)CC2C1)c1cccc(SC/C(F)=C/CN)c1. The summed E-state index contributed by atoms with van der Waals surface area (Å²) in [6.07, 6.45) is 6.66. The Morgan fingerprint density at radius 3 is 2.73 bits per heavy atom. The molecule has 3 rings (SSSR count). The molecule has 2 nitrogen and oxygen atoms in total. The lowest BCUT2D eigenvalue weighted by molar-refractivity contribution is 0.368. The van der Waals surface area contributed by atoms with E-state index in [4.69, 9.17) is 5.73 Å². The minimum Gasteiger partial charge on any atom is -0.380 e. The average Bonchev–Trinajstić information content (AvgIpc) is 3.06. The first-order chi connectivity index (χ1) is 12.4. The van der Waals surface area contributed by atoms with E-state index in [1.54, 1.807) is 0 Å². The van der Waals surface area contributed by atoms with Crippen molar-refractivity contribution in [2.45, 2.75) is 50.0 Å². The van der Waals surface area contributed by atoms with E-state index in [2.05, 4.69) is 37.9 Å². The van der Waals surface area contributed by atoms with Gasteiger partial charge in [-0.3, -0.25) is 0 Å². The van der Waals surface area contributed by atoms with Crippen molar-refractivity contribution < 1.29 is 4.39 Å². The Bertz CT molecular complexity index is 670. The maximum atomic E-state index is 13.5. The van der Waals surface area contributed by atoms with Gasteiger partial charge in [0.2, 0.25) is 0 Å². The standard InChI is InChI=1S/C22H31FN2S/c1-15-9-18-12-22(3,13-19(18)10-15)25-16(2)17-5-4-6-21(11-17)26-14-20(23)7-8-24/h4-7,11,15,18-19,25H,2,8-10,12-14,24H2,1,3H3/b20-7-. The van der Waals surface area contributed by atoms with Gasteiger partial charge in [-0.05, 0) is 74.1 Å². The Morgan fingerprint density at radius 2 is 2.08 bits per heavy atom. The van der Waals surface area contributed by atoms with Gasteiger partial charge in [-0.15, -0.1) is 11.8 Å². The molecule has 0 aliphatic heterocycles. The Labute approximate surface area is 161 Å². The van der Waals surface area contributed by atoms with Crippen molar-refractivity contribution in [2.75, 3.05) is 12.3 Å². The van der Waals surface area contributed by atoms with Crippen LogP contribution in [0.3, 0.4) is 0 Å². The second-order valence-electron chi connectivity index (χ2n) is 8.37. The van der Waals surface area contributed by atoms with Crippen LogP contribution in [0.25, 0.3) is 5.70 Å². The lowest BCUT2D eigenvalue weighted by Gasteiger charge is -2.30. The van der Waals surface area contributed by atoms with Gasteiger partial charge >= 0.3 is 0 Å². The van der Waals surface area contributed by atoms with Gasteiger partial charge in [-0.1, -0.05) is 25.6 Å². The van der Waals surface area contributed by atoms with Crippen LogP contribution in [-0.4, -0.2) is 17.8 Å². The molecule has 2 unspecified atom stereocenters. The van der Waals surface area contributed by atoms with Crippen LogP contribution in [0.15, 0.2) is 47.6 Å². The van der Waals surface area contributed by atoms with E-state index in [0.29, 0.717) is 5.75 Å². The molecule has 2 aliphatic rings. The molecule has 0 bridgehead atoms. The normalized spacial score (nSPS) is 31.1. The monoisotopic (exact) mass is 374 g/mol. The first-order valence-electron chi connectivity index (χ1n) is 9.63. The minimum atomic E-state index is -0.168. The van der Waals surface area contributed by atoms with Crippen LogP contribution in [0, 0.1) is 17.8 Å². The maximum Gasteiger partial charge on any atom is 0.107 e. The third kappa shape index (κ3) is 4.72. The molecule has 2 atom stereocenters. The second-order valence-corrected chi connectivity index (χ2v) is 9.42. The summed E-state index contributed by atoms with van der Waals surface area (Å²) in [4.78, 5) is 1.05. The molecule has 1 aromatic rings. The predicted octanol–water partition coefficient (Wildman–Crippen LogP) is 5.37. The zero-order chi connectivity index (χ0) is 18.7. The highest BCUT2D eigenvalue weighted by Gasteiger charge is 2.46. The van der Waals surface area contributed by atoms with Gasteiger partial charge in [-0.2, -0.15) is 0 Å².